The van der Waals surface area contributed by atoms with Crippen molar-refractivity contribution in [3.05, 3.63) is 18.3 Å². The van der Waals surface area contributed by atoms with E-state index in [0.717, 1.165) is 6.20 Å². The molecule has 0 amide bonds. The summed E-state index contributed by atoms with van der Waals surface area (Å²) in [7, 11) is 0. The van der Waals surface area contributed by atoms with E-state index in [4.69, 9.17) is 16.7 Å². The van der Waals surface area contributed by atoms with Gasteiger partial charge in [0, 0.05) is 13.0 Å². The van der Waals surface area contributed by atoms with E-state index in [0.29, 0.717) is 4.90 Å². The van der Waals surface area contributed by atoms with Crippen molar-refractivity contribution in [1.82, 2.24) is 4.98 Å². The van der Waals surface area contributed by atoms with Gasteiger partial charge in [0.2, 0.25) is 0 Å². The molecule has 0 saturated carbocycles. The van der Waals surface area contributed by atoms with Crippen molar-refractivity contribution in [2.45, 2.75) is 0 Å². The number of nitrogens with two attached hydrogens (primary N) is 1. The zero-order valence-corrected chi connectivity index (χ0v) is 6.61. The lowest BCUT2D eigenvalue weighted by Crippen LogP contribution is -2.36. The van der Waals surface area contributed by atoms with Crippen molar-refractivity contribution in [1.29, 1.82) is 0 Å². The Morgan fingerprint density at radius 1 is 1.46 bits per heavy atom. The number of ether oxygens (including phenoxy) is 1. The Bertz CT molecular complexity index is 520. The summed E-state index contributed by atoms with van der Waals surface area (Å²) in [6, 6.07) is 2.51. The first kappa shape index (κ1) is 3.13. The van der Waals surface area contributed by atoms with Gasteiger partial charge in [0.1, 0.15) is 5.82 Å². The van der Waals surface area contributed by atoms with Gasteiger partial charge in [-0.05, 0) is 12.1 Å². The van der Waals surface area contributed by atoms with Crippen molar-refractivity contribution < 1.29 is 15.7 Å². The maximum atomic E-state index is 7.84. The molecule has 0 aromatic carbocycles. The Morgan fingerprint density at radius 2 is 2.23 bits per heavy atom. The molecule has 0 atom stereocenters. The standard InChI is InChI=1S/C9H13N3O/c10-9-2-1-8(7-11-9)12-3-5-13-6-4-12/h1-2,7H,3-6H2,(H2,10,11)/i3D2,4D2,5D2,6D2. The zero-order valence-electron chi connectivity index (χ0n) is 14.6. The number of hydrogen-bond donors (Lipinski definition) is 1. The molecule has 0 unspecified atom stereocenters. The summed E-state index contributed by atoms with van der Waals surface area (Å²) < 4.78 is 66.0. The Balaban J connectivity index is 2.64. The fraction of sp³-hybridized carbons (Fsp3) is 0.444. The number of aromatic nitrogens is 1. The molecule has 2 heterocycles. The average Bonchev–Trinajstić information content (AvgIpc) is 2.28. The lowest BCUT2D eigenvalue weighted by atomic mass is 10.3. The van der Waals surface area contributed by atoms with Crippen molar-refractivity contribution in [3.63, 3.8) is 0 Å². The van der Waals surface area contributed by atoms with Crippen LogP contribution in [-0.2, 0) is 4.74 Å². The Morgan fingerprint density at radius 3 is 2.85 bits per heavy atom. The second kappa shape index (κ2) is 3.62. The molecule has 1 aromatic rings. The fourth-order valence-electron chi connectivity index (χ4n) is 0.849. The van der Waals surface area contributed by atoms with Gasteiger partial charge in [0.15, 0.2) is 0 Å². The lowest BCUT2D eigenvalue weighted by molar-refractivity contribution is 0.122. The van der Waals surface area contributed by atoms with Gasteiger partial charge >= 0.3 is 0 Å². The number of nitrogen functional groups attached to an aromatic ring is 1. The Kier molecular flexibility index (Phi) is 0.871. The second-order valence-corrected chi connectivity index (χ2v) is 2.31. The van der Waals surface area contributed by atoms with Gasteiger partial charge in [-0.15, -0.1) is 0 Å². The molecule has 1 saturated heterocycles. The van der Waals surface area contributed by atoms with Crippen LogP contribution in [0.5, 0.6) is 0 Å². The summed E-state index contributed by atoms with van der Waals surface area (Å²) in [4.78, 5) is 4.04. The molecule has 4 heteroatoms. The highest BCUT2D eigenvalue weighted by molar-refractivity contribution is 5.48. The Hall–Kier alpha value is -1.29. The summed E-state index contributed by atoms with van der Waals surface area (Å²) in [5.74, 6) is 0.110. The van der Waals surface area contributed by atoms with Gasteiger partial charge < -0.3 is 15.4 Å². The maximum Gasteiger partial charge on any atom is 0.123 e. The molecule has 0 spiro atoms. The number of anilines is 2. The highest BCUT2D eigenvalue weighted by Gasteiger charge is 2.10. The van der Waals surface area contributed by atoms with Crippen molar-refractivity contribution in [2.75, 3.05) is 36.7 Å². The number of rotatable bonds is 1. The van der Waals surface area contributed by atoms with Crippen LogP contribution in [0, 0.1) is 0 Å². The zero-order chi connectivity index (χ0) is 16.3. The van der Waals surface area contributed by atoms with Crippen LogP contribution in [0.4, 0.5) is 11.5 Å². The molecule has 0 bridgehead atoms. The van der Waals surface area contributed by atoms with E-state index < -0.39 is 26.1 Å². The van der Waals surface area contributed by atoms with Crippen LogP contribution in [0.1, 0.15) is 11.0 Å². The summed E-state index contributed by atoms with van der Waals surface area (Å²) >= 11 is 0. The third kappa shape index (κ3) is 1.89. The first-order valence-electron chi connectivity index (χ1n) is 7.55. The minimum Gasteiger partial charge on any atom is -0.384 e. The molecule has 2 rings (SSSR count). The number of morpholine rings is 1. The minimum atomic E-state index is -3.08. The van der Waals surface area contributed by atoms with E-state index in [1.54, 1.807) is 0 Å². The van der Waals surface area contributed by atoms with Crippen LogP contribution in [0.15, 0.2) is 18.3 Å². The van der Waals surface area contributed by atoms with Gasteiger partial charge in [-0.2, -0.15) is 0 Å². The third-order valence-corrected chi connectivity index (χ3v) is 1.45. The molecule has 2 N–H and O–H groups in total. The SMILES string of the molecule is [2H]C1([2H])OC([2H])([2H])C([2H])([2H])N(c2ccc(N)nc2)C1([2H])[2H]. The predicted molar refractivity (Wildman–Crippen MR) is 51.7 cm³/mol. The maximum absolute atomic E-state index is 7.84. The molecule has 4 nitrogen and oxygen atoms in total. The molecule has 70 valence electrons. The third-order valence-electron chi connectivity index (χ3n) is 1.45. The first-order valence-corrected chi connectivity index (χ1v) is 3.55. The largest absolute Gasteiger partial charge is 0.384 e. The van der Waals surface area contributed by atoms with E-state index in [1.807, 2.05) is 0 Å². The summed E-state index contributed by atoms with van der Waals surface area (Å²) in [6.45, 7) is -12.1. The van der Waals surface area contributed by atoms with E-state index in [2.05, 4.69) is 9.72 Å². The molecule has 0 radical (unpaired) electrons. The van der Waals surface area contributed by atoms with Crippen LogP contribution in [0.2, 0.25) is 0 Å². The molecular formula is C9H13N3O. The van der Waals surface area contributed by atoms with Crippen LogP contribution in [-0.4, -0.2) is 31.1 Å². The number of pyridine rings is 1. The van der Waals surface area contributed by atoms with Crippen molar-refractivity contribution in [3.8, 4) is 0 Å². The van der Waals surface area contributed by atoms with Gasteiger partial charge in [0.25, 0.3) is 0 Å². The summed E-state index contributed by atoms with van der Waals surface area (Å²) in [6.07, 6.45) is 1.04. The van der Waals surface area contributed by atoms with E-state index >= 15 is 0 Å². The number of hydrogen-bond acceptors (Lipinski definition) is 4. The van der Waals surface area contributed by atoms with Crippen LogP contribution in [0.3, 0.4) is 0 Å². The Labute approximate surface area is 88.6 Å². The minimum absolute atomic E-state index is 0.110. The average molecular weight is 187 g/mol. The normalized spacial score (nSPS) is 42.0. The smallest absolute Gasteiger partial charge is 0.123 e. The van der Waals surface area contributed by atoms with Gasteiger partial charge in [-0.3, -0.25) is 0 Å². The fourth-order valence-corrected chi connectivity index (χ4v) is 0.849. The highest BCUT2D eigenvalue weighted by Crippen LogP contribution is 2.14. The molecule has 1 fully saturated rings. The van der Waals surface area contributed by atoms with E-state index in [-0.39, 0.29) is 11.5 Å². The van der Waals surface area contributed by atoms with E-state index in [9.17, 15) is 0 Å². The quantitative estimate of drug-likeness (QED) is 0.695. The van der Waals surface area contributed by atoms with Gasteiger partial charge in [0.05, 0.1) is 36.0 Å². The van der Waals surface area contributed by atoms with Crippen molar-refractivity contribution in [2.24, 2.45) is 0 Å². The van der Waals surface area contributed by atoms with Crippen molar-refractivity contribution >= 4 is 11.5 Å². The molecule has 1 aromatic heterocycles. The van der Waals surface area contributed by atoms with Gasteiger partial charge in [-0.1, -0.05) is 0 Å². The monoisotopic (exact) mass is 187 g/mol. The van der Waals surface area contributed by atoms with Gasteiger partial charge in [-0.25, -0.2) is 4.98 Å². The molecule has 1 aliphatic rings. The summed E-state index contributed by atoms with van der Waals surface area (Å²) in [5, 5.41) is 0. The summed E-state index contributed by atoms with van der Waals surface area (Å²) in [5.41, 5.74) is 5.25. The van der Waals surface area contributed by atoms with Crippen LogP contribution >= 0.6 is 0 Å². The first-order chi connectivity index (χ1) is 9.33. The van der Waals surface area contributed by atoms with Crippen LogP contribution in [0.25, 0.3) is 0 Å². The molecular weight excluding hydrogens is 166 g/mol. The number of nitrogens with zero attached hydrogens (tertiary/aromatic N) is 2. The molecule has 1 aliphatic heterocycles. The highest BCUT2D eigenvalue weighted by atomic mass is 16.5. The topological polar surface area (TPSA) is 51.4 Å². The second-order valence-electron chi connectivity index (χ2n) is 2.31. The van der Waals surface area contributed by atoms with Crippen LogP contribution < -0.4 is 10.6 Å². The van der Waals surface area contributed by atoms with E-state index in [1.165, 1.54) is 12.1 Å². The predicted octanol–water partition coefficient (Wildman–Crippen LogP) is 0.500. The lowest BCUT2D eigenvalue weighted by Gasteiger charge is -2.28. The molecule has 13 heavy (non-hydrogen) atoms. The molecule has 0 aliphatic carbocycles.